The fourth-order valence-electron chi connectivity index (χ4n) is 1.26. The Morgan fingerprint density at radius 3 is 3.31 bits per heavy atom. The maximum Gasteiger partial charge on any atom is 0.254 e. The van der Waals surface area contributed by atoms with E-state index in [9.17, 15) is 4.79 Å². The van der Waals surface area contributed by atoms with Crippen molar-refractivity contribution < 1.29 is 9.53 Å². The summed E-state index contributed by atoms with van der Waals surface area (Å²) in [4.78, 5) is 15.3. The van der Waals surface area contributed by atoms with Crippen molar-refractivity contribution in [3.05, 3.63) is 11.7 Å². The maximum absolute atomic E-state index is 11.5. The average molecular weight is 198 g/mol. The molecule has 1 aliphatic heterocycles. The first-order valence-corrected chi connectivity index (χ1v) is 5.05. The Hall–Kier alpha value is -0.940. The summed E-state index contributed by atoms with van der Waals surface area (Å²) in [7, 11) is 0. The van der Waals surface area contributed by atoms with E-state index in [1.165, 1.54) is 11.3 Å². The Morgan fingerprint density at radius 1 is 1.77 bits per heavy atom. The topological polar surface area (TPSA) is 51.2 Å². The van der Waals surface area contributed by atoms with E-state index in [0.29, 0.717) is 6.61 Å². The standard InChI is InChI=1S/C8H10N2O2S/c11-8(6-2-1-3-12-6)10-7-4-9-5-13-7/h4-6H,1-3H2,(H,10,11)/t6-/m1/s1. The summed E-state index contributed by atoms with van der Waals surface area (Å²) in [5.74, 6) is -0.0539. The van der Waals surface area contributed by atoms with Gasteiger partial charge in [-0.3, -0.25) is 9.78 Å². The molecule has 0 aliphatic carbocycles. The summed E-state index contributed by atoms with van der Waals surface area (Å²) in [5, 5.41) is 3.53. The number of ether oxygens (including phenoxy) is 1. The van der Waals surface area contributed by atoms with Crippen LogP contribution < -0.4 is 5.32 Å². The second-order valence-corrected chi connectivity index (χ2v) is 3.74. The monoisotopic (exact) mass is 198 g/mol. The van der Waals surface area contributed by atoms with Crippen LogP contribution in [-0.4, -0.2) is 23.6 Å². The predicted molar refractivity (Wildman–Crippen MR) is 49.7 cm³/mol. The van der Waals surface area contributed by atoms with E-state index in [0.717, 1.165) is 17.8 Å². The van der Waals surface area contributed by atoms with Gasteiger partial charge in [0.2, 0.25) is 0 Å². The number of amides is 1. The molecule has 5 heteroatoms. The van der Waals surface area contributed by atoms with Crippen molar-refractivity contribution in [3.8, 4) is 0 Å². The molecule has 1 aromatic heterocycles. The molecule has 4 nitrogen and oxygen atoms in total. The highest BCUT2D eigenvalue weighted by molar-refractivity contribution is 7.13. The normalized spacial score (nSPS) is 21.7. The van der Waals surface area contributed by atoms with Crippen LogP contribution >= 0.6 is 11.3 Å². The lowest BCUT2D eigenvalue weighted by Crippen LogP contribution is -2.26. The smallest absolute Gasteiger partial charge is 0.254 e. The molecule has 1 saturated heterocycles. The first-order valence-electron chi connectivity index (χ1n) is 4.17. The van der Waals surface area contributed by atoms with Crippen molar-refractivity contribution >= 4 is 22.2 Å². The molecule has 2 heterocycles. The molecule has 0 spiro atoms. The van der Waals surface area contributed by atoms with Crippen LogP contribution in [0, 0.1) is 0 Å². The van der Waals surface area contributed by atoms with Crippen LogP contribution in [0.5, 0.6) is 0 Å². The minimum absolute atomic E-state index is 0.0539. The molecule has 0 unspecified atom stereocenters. The van der Waals surface area contributed by atoms with Crippen molar-refractivity contribution in [1.29, 1.82) is 0 Å². The van der Waals surface area contributed by atoms with Gasteiger partial charge in [-0.1, -0.05) is 0 Å². The van der Waals surface area contributed by atoms with Gasteiger partial charge in [-0.2, -0.15) is 0 Å². The second-order valence-electron chi connectivity index (χ2n) is 2.86. The second kappa shape index (κ2) is 3.85. The van der Waals surface area contributed by atoms with Crippen molar-refractivity contribution in [3.63, 3.8) is 0 Å². The van der Waals surface area contributed by atoms with E-state index in [4.69, 9.17) is 4.74 Å². The largest absolute Gasteiger partial charge is 0.368 e. The quantitative estimate of drug-likeness (QED) is 0.778. The highest BCUT2D eigenvalue weighted by Crippen LogP contribution is 2.17. The highest BCUT2D eigenvalue weighted by Gasteiger charge is 2.23. The van der Waals surface area contributed by atoms with Gasteiger partial charge in [-0.05, 0) is 12.8 Å². The number of hydrogen-bond acceptors (Lipinski definition) is 4. The zero-order chi connectivity index (χ0) is 9.10. The van der Waals surface area contributed by atoms with E-state index >= 15 is 0 Å². The van der Waals surface area contributed by atoms with Crippen molar-refractivity contribution in [2.75, 3.05) is 11.9 Å². The van der Waals surface area contributed by atoms with E-state index in [2.05, 4.69) is 10.3 Å². The van der Waals surface area contributed by atoms with Gasteiger partial charge in [0, 0.05) is 6.61 Å². The average Bonchev–Trinajstić information content (AvgIpc) is 2.74. The van der Waals surface area contributed by atoms with Crippen molar-refractivity contribution in [1.82, 2.24) is 4.98 Å². The third kappa shape index (κ3) is 2.05. The maximum atomic E-state index is 11.5. The fourth-order valence-corrected chi connectivity index (χ4v) is 1.78. The number of carbonyl (C=O) groups is 1. The Bertz CT molecular complexity index is 280. The summed E-state index contributed by atoms with van der Waals surface area (Å²) in [5.41, 5.74) is 1.69. The zero-order valence-corrected chi connectivity index (χ0v) is 7.84. The SMILES string of the molecule is O=C(Nc1cncs1)[C@H]1CCCO1. The van der Waals surface area contributed by atoms with Crippen LogP contribution in [0.2, 0.25) is 0 Å². The number of aromatic nitrogens is 1. The van der Waals surface area contributed by atoms with Gasteiger partial charge in [-0.25, -0.2) is 0 Å². The van der Waals surface area contributed by atoms with Gasteiger partial charge in [0.05, 0.1) is 11.7 Å². The molecule has 1 aliphatic rings. The lowest BCUT2D eigenvalue weighted by atomic mass is 10.2. The molecule has 70 valence electrons. The molecule has 0 radical (unpaired) electrons. The van der Waals surface area contributed by atoms with Gasteiger partial charge >= 0.3 is 0 Å². The van der Waals surface area contributed by atoms with E-state index in [1.54, 1.807) is 11.7 Å². The summed E-state index contributed by atoms with van der Waals surface area (Å²) in [6, 6.07) is 0. The highest BCUT2D eigenvalue weighted by atomic mass is 32.1. The van der Waals surface area contributed by atoms with Crippen LogP contribution in [0.3, 0.4) is 0 Å². The van der Waals surface area contributed by atoms with Gasteiger partial charge in [-0.15, -0.1) is 11.3 Å². The summed E-state index contributed by atoms with van der Waals surface area (Å²) >= 11 is 1.41. The summed E-state index contributed by atoms with van der Waals surface area (Å²) in [6.45, 7) is 0.695. The van der Waals surface area contributed by atoms with E-state index in [1.807, 2.05) is 0 Å². The summed E-state index contributed by atoms with van der Waals surface area (Å²) in [6.07, 6.45) is 3.17. The molecule has 0 bridgehead atoms. The first-order chi connectivity index (χ1) is 6.36. The third-order valence-electron chi connectivity index (χ3n) is 1.90. The van der Waals surface area contributed by atoms with Gasteiger partial charge in [0.15, 0.2) is 0 Å². The lowest BCUT2D eigenvalue weighted by Gasteiger charge is -2.07. The van der Waals surface area contributed by atoms with Crippen molar-refractivity contribution in [2.24, 2.45) is 0 Å². The van der Waals surface area contributed by atoms with Crippen LogP contribution in [-0.2, 0) is 9.53 Å². The molecule has 1 aromatic rings. The van der Waals surface area contributed by atoms with Crippen LogP contribution in [0.1, 0.15) is 12.8 Å². The number of nitrogens with one attached hydrogen (secondary N) is 1. The number of carbonyl (C=O) groups excluding carboxylic acids is 1. The third-order valence-corrected chi connectivity index (χ3v) is 2.59. The van der Waals surface area contributed by atoms with E-state index in [-0.39, 0.29) is 12.0 Å². The Morgan fingerprint density at radius 2 is 2.69 bits per heavy atom. The predicted octanol–water partition coefficient (Wildman–Crippen LogP) is 1.26. The molecule has 1 atom stereocenters. The first kappa shape index (κ1) is 8.65. The minimum Gasteiger partial charge on any atom is -0.368 e. The molecule has 1 amide bonds. The van der Waals surface area contributed by atoms with E-state index < -0.39 is 0 Å². The lowest BCUT2D eigenvalue weighted by molar-refractivity contribution is -0.124. The molecular weight excluding hydrogens is 188 g/mol. The molecule has 0 saturated carbocycles. The van der Waals surface area contributed by atoms with Crippen molar-refractivity contribution in [2.45, 2.75) is 18.9 Å². The zero-order valence-electron chi connectivity index (χ0n) is 7.03. The van der Waals surface area contributed by atoms with Crippen LogP contribution in [0.15, 0.2) is 11.7 Å². The van der Waals surface area contributed by atoms with Gasteiger partial charge in [0.25, 0.3) is 5.91 Å². The number of rotatable bonds is 2. The Labute approximate surface area is 79.9 Å². The Kier molecular flexibility index (Phi) is 2.56. The van der Waals surface area contributed by atoms with Gasteiger partial charge in [0.1, 0.15) is 11.1 Å². The number of anilines is 1. The minimum atomic E-state index is -0.262. The molecule has 0 aromatic carbocycles. The molecular formula is C8H10N2O2S. The Balaban J connectivity index is 1.91. The molecule has 1 N–H and O–H groups in total. The molecule has 2 rings (SSSR count). The number of hydrogen-bond donors (Lipinski definition) is 1. The number of thiazole rings is 1. The molecule has 1 fully saturated rings. The summed E-state index contributed by atoms with van der Waals surface area (Å²) < 4.78 is 5.24. The number of nitrogens with zero attached hydrogens (tertiary/aromatic N) is 1. The van der Waals surface area contributed by atoms with Crippen LogP contribution in [0.25, 0.3) is 0 Å². The fraction of sp³-hybridized carbons (Fsp3) is 0.500. The molecule has 13 heavy (non-hydrogen) atoms. The van der Waals surface area contributed by atoms with Gasteiger partial charge < -0.3 is 10.1 Å². The van der Waals surface area contributed by atoms with Crippen LogP contribution in [0.4, 0.5) is 5.00 Å².